The van der Waals surface area contributed by atoms with Gasteiger partial charge in [-0.15, -0.1) is 0 Å². The van der Waals surface area contributed by atoms with Crippen LogP contribution in [0.15, 0.2) is 11.8 Å². The molecule has 0 saturated heterocycles. The van der Waals surface area contributed by atoms with E-state index in [9.17, 15) is 14.0 Å². The molecule has 5 heteroatoms. The second kappa shape index (κ2) is 2.15. The van der Waals surface area contributed by atoms with Gasteiger partial charge in [-0.1, -0.05) is 4.29 Å². The first-order chi connectivity index (χ1) is 4.08. The molecule has 0 aromatic heterocycles. The van der Waals surface area contributed by atoms with Crippen LogP contribution >= 0.6 is 0 Å². The van der Waals surface area contributed by atoms with Gasteiger partial charge in [0.15, 0.2) is 0 Å². The highest BCUT2D eigenvalue weighted by atomic mass is 35.7. The van der Waals surface area contributed by atoms with E-state index < -0.39 is 10.2 Å². The Morgan fingerprint density at radius 3 is 2.11 bits per heavy atom. The molecule has 1 aliphatic rings. The van der Waals surface area contributed by atoms with E-state index >= 15 is 0 Å². The molecule has 0 aliphatic heterocycles. The third-order valence-electron chi connectivity index (χ3n) is 0.956. The van der Waals surface area contributed by atoms with E-state index in [0.717, 1.165) is 6.42 Å². The van der Waals surface area contributed by atoms with Crippen molar-refractivity contribution in [2.45, 2.75) is 12.8 Å². The molecule has 0 N–H and O–H groups in total. The molecule has 4 nitrogen and oxygen atoms in total. The van der Waals surface area contributed by atoms with Crippen molar-refractivity contribution in [3.8, 4) is 0 Å². The molecule has 0 atom stereocenters. The molecule has 0 heterocycles. The van der Waals surface area contributed by atoms with Crippen LogP contribution in [0, 0.1) is 10.2 Å². The van der Waals surface area contributed by atoms with E-state index in [1.54, 1.807) is 6.08 Å². The van der Waals surface area contributed by atoms with Crippen molar-refractivity contribution in [1.29, 1.82) is 0 Å². The molecule has 9 heavy (non-hydrogen) atoms. The normalized spacial score (nSPS) is 18.3. The first kappa shape index (κ1) is 6.82. The van der Waals surface area contributed by atoms with Crippen molar-refractivity contribution in [3.63, 3.8) is 0 Å². The van der Waals surface area contributed by atoms with E-state index in [1.807, 2.05) is 0 Å². The lowest BCUT2D eigenvalue weighted by Crippen LogP contribution is -2.60. The Bertz CT molecular complexity index is 136. The third kappa shape index (κ3) is 2.19. The fourth-order valence-electron chi connectivity index (χ4n) is 0.454. The number of halogens is 1. The molecular formula is C4H5ClO4. The Hall–Kier alpha value is -0.290. The van der Waals surface area contributed by atoms with Gasteiger partial charge in [0.05, 0.1) is 0 Å². The highest BCUT2D eigenvalue weighted by Crippen LogP contribution is 2.20. The second-order valence-electron chi connectivity index (χ2n) is 1.66. The van der Waals surface area contributed by atoms with Crippen molar-refractivity contribution >= 4 is 0 Å². The van der Waals surface area contributed by atoms with Crippen LogP contribution in [0.25, 0.3) is 0 Å². The predicted octanol–water partition coefficient (Wildman–Crippen LogP) is -2.42. The SMILES string of the molecule is [O-][Cl+3]([O-])([O-])OC1=CCC1. The highest BCUT2D eigenvalue weighted by molar-refractivity contribution is 5.02. The van der Waals surface area contributed by atoms with Gasteiger partial charge in [0.2, 0.25) is 0 Å². The number of hydrogen-bond donors (Lipinski definition) is 0. The number of rotatable bonds is 2. The van der Waals surface area contributed by atoms with Gasteiger partial charge in [-0.25, -0.2) is 0 Å². The first-order valence-corrected chi connectivity index (χ1v) is 3.61. The average molecular weight is 153 g/mol. The van der Waals surface area contributed by atoms with Gasteiger partial charge >= 0.3 is 0 Å². The number of allylic oxidation sites excluding steroid dienone is 2. The molecule has 0 saturated carbocycles. The van der Waals surface area contributed by atoms with Gasteiger partial charge in [-0.05, 0) is 12.5 Å². The Labute approximate surface area is 54.1 Å². The van der Waals surface area contributed by atoms with Crippen LogP contribution in [0.3, 0.4) is 0 Å². The maximum Gasteiger partial charge on any atom is 0.261 e. The summed E-state index contributed by atoms with van der Waals surface area (Å²) in [5.74, 6) is 0.256. The van der Waals surface area contributed by atoms with Gasteiger partial charge in [-0.3, -0.25) is 0 Å². The molecule has 1 rings (SSSR count). The van der Waals surface area contributed by atoms with E-state index in [4.69, 9.17) is 0 Å². The Kier molecular flexibility index (Phi) is 1.63. The van der Waals surface area contributed by atoms with Crippen molar-refractivity contribution in [2.75, 3.05) is 0 Å². The van der Waals surface area contributed by atoms with Gasteiger partial charge in [0.1, 0.15) is 10.2 Å². The van der Waals surface area contributed by atoms with Crippen LogP contribution in [-0.2, 0) is 4.29 Å². The van der Waals surface area contributed by atoms with Gasteiger partial charge in [0, 0.05) is 6.42 Å². The molecule has 52 valence electrons. The summed E-state index contributed by atoms with van der Waals surface area (Å²) in [5, 5.41) is 0. The fraction of sp³-hybridized carbons (Fsp3) is 0.500. The molecule has 0 aromatic carbocycles. The van der Waals surface area contributed by atoms with Crippen LogP contribution in [-0.4, -0.2) is 0 Å². The minimum absolute atomic E-state index is 0.256. The van der Waals surface area contributed by atoms with Crippen molar-refractivity contribution < 1.29 is 28.5 Å². The predicted molar refractivity (Wildman–Crippen MR) is 18.4 cm³/mol. The van der Waals surface area contributed by atoms with Crippen LogP contribution in [0.2, 0.25) is 0 Å². The molecule has 0 unspecified atom stereocenters. The smallest absolute Gasteiger partial charge is 0.167 e. The summed E-state index contributed by atoms with van der Waals surface area (Å²) in [4.78, 5) is 0. The minimum atomic E-state index is -4.25. The van der Waals surface area contributed by atoms with Gasteiger partial charge in [0.25, 0.3) is 5.76 Å². The van der Waals surface area contributed by atoms with Gasteiger partial charge in [-0.2, -0.15) is 14.0 Å². The Morgan fingerprint density at radius 2 is 2.00 bits per heavy atom. The van der Waals surface area contributed by atoms with Crippen LogP contribution in [0.4, 0.5) is 0 Å². The van der Waals surface area contributed by atoms with E-state index in [1.165, 1.54) is 0 Å². The summed E-state index contributed by atoms with van der Waals surface area (Å²) in [5.41, 5.74) is 0. The fourth-order valence-corrected chi connectivity index (χ4v) is 0.837. The van der Waals surface area contributed by atoms with E-state index in [-0.39, 0.29) is 5.76 Å². The summed E-state index contributed by atoms with van der Waals surface area (Å²) in [6.45, 7) is 0. The van der Waals surface area contributed by atoms with Crippen molar-refractivity contribution in [3.05, 3.63) is 11.8 Å². The molecule has 0 spiro atoms. The van der Waals surface area contributed by atoms with Crippen molar-refractivity contribution in [2.24, 2.45) is 0 Å². The van der Waals surface area contributed by atoms with E-state index in [2.05, 4.69) is 4.29 Å². The largest absolute Gasteiger partial charge is 0.261 e. The molecular weight excluding hydrogens is 147 g/mol. The zero-order chi connectivity index (χ0) is 6.91. The molecule has 0 fully saturated rings. The molecule has 0 radical (unpaired) electrons. The van der Waals surface area contributed by atoms with Gasteiger partial charge < -0.3 is 0 Å². The second-order valence-corrected chi connectivity index (χ2v) is 2.57. The summed E-state index contributed by atoms with van der Waals surface area (Å²) in [7, 11) is -4.25. The quantitative estimate of drug-likeness (QED) is 0.441. The first-order valence-electron chi connectivity index (χ1n) is 2.37. The minimum Gasteiger partial charge on any atom is -0.167 e. The van der Waals surface area contributed by atoms with Crippen molar-refractivity contribution in [1.82, 2.24) is 0 Å². The zero-order valence-electron chi connectivity index (χ0n) is 4.50. The number of hydrogen-bond acceptors (Lipinski definition) is 4. The van der Waals surface area contributed by atoms with E-state index in [0.29, 0.717) is 6.42 Å². The lowest BCUT2D eigenvalue weighted by Gasteiger charge is -2.16. The maximum absolute atomic E-state index is 9.79. The zero-order valence-corrected chi connectivity index (χ0v) is 5.26. The maximum atomic E-state index is 9.79. The summed E-state index contributed by atoms with van der Waals surface area (Å²) >= 11 is 0. The lowest BCUT2D eigenvalue weighted by molar-refractivity contribution is -1.92. The molecule has 0 amide bonds. The standard InChI is InChI=1S/C4H5ClO4/c6-5(7,8)9-4-2-1-3-4/h2H,1,3H2. The lowest BCUT2D eigenvalue weighted by atomic mass is 10.1. The monoisotopic (exact) mass is 152 g/mol. The van der Waals surface area contributed by atoms with Crippen LogP contribution in [0.5, 0.6) is 0 Å². The highest BCUT2D eigenvalue weighted by Gasteiger charge is 2.24. The summed E-state index contributed by atoms with van der Waals surface area (Å²) in [6.07, 6.45) is 2.90. The molecule has 0 bridgehead atoms. The Morgan fingerprint density at radius 1 is 1.44 bits per heavy atom. The summed E-state index contributed by atoms with van der Waals surface area (Å²) in [6, 6.07) is 0. The molecule has 0 aromatic rings. The average Bonchev–Trinajstić information content (AvgIpc) is 1.53. The Balaban J connectivity index is 2.33. The summed E-state index contributed by atoms with van der Waals surface area (Å²) < 4.78 is 33.3. The topological polar surface area (TPSA) is 78.4 Å². The van der Waals surface area contributed by atoms with Crippen LogP contribution < -0.4 is 14.0 Å². The molecule has 1 aliphatic carbocycles. The van der Waals surface area contributed by atoms with Crippen LogP contribution in [0.1, 0.15) is 12.8 Å². The third-order valence-corrected chi connectivity index (χ3v) is 1.34.